The summed E-state index contributed by atoms with van der Waals surface area (Å²) in [6.45, 7) is 6.67. The van der Waals surface area contributed by atoms with Gasteiger partial charge in [0.25, 0.3) is 0 Å². The Labute approximate surface area is 160 Å². The molecule has 1 aromatic carbocycles. The van der Waals surface area contributed by atoms with Crippen molar-refractivity contribution in [3.05, 3.63) is 35.9 Å². The summed E-state index contributed by atoms with van der Waals surface area (Å²) in [5.41, 5.74) is 1.21. The summed E-state index contributed by atoms with van der Waals surface area (Å²) in [6.07, 6.45) is 2.45. The van der Waals surface area contributed by atoms with Crippen LogP contribution in [0.15, 0.2) is 30.3 Å². The zero-order valence-electron chi connectivity index (χ0n) is 16.6. The molecule has 0 bridgehead atoms. The number of hydrogen-bond acceptors (Lipinski definition) is 3. The molecule has 1 aromatic rings. The Morgan fingerprint density at radius 1 is 1.15 bits per heavy atom. The summed E-state index contributed by atoms with van der Waals surface area (Å²) in [5.74, 6) is 0.214. The van der Waals surface area contributed by atoms with Gasteiger partial charge in [-0.3, -0.25) is 4.79 Å². The second-order valence-electron chi connectivity index (χ2n) is 8.32. The zero-order valence-corrected chi connectivity index (χ0v) is 17.4. The largest absolute Gasteiger partial charge is 0.349 e. The molecule has 0 aliphatic heterocycles. The van der Waals surface area contributed by atoms with E-state index in [1.165, 1.54) is 5.56 Å². The predicted molar refractivity (Wildman–Crippen MR) is 108 cm³/mol. The van der Waals surface area contributed by atoms with E-state index in [1.807, 2.05) is 53.1 Å². The number of rotatable bonds is 6. The molecule has 0 aromatic heterocycles. The highest BCUT2D eigenvalue weighted by molar-refractivity contribution is 7.84. The molecule has 0 radical (unpaired) electrons. The molecule has 0 saturated heterocycles. The summed E-state index contributed by atoms with van der Waals surface area (Å²) >= 11 is 0. The first-order valence-electron chi connectivity index (χ1n) is 9.35. The lowest BCUT2D eigenvalue weighted by Gasteiger charge is -2.38. The molecule has 26 heavy (non-hydrogen) atoms. The Balaban J connectivity index is 2.07. The van der Waals surface area contributed by atoms with E-state index in [2.05, 4.69) is 22.2 Å². The van der Waals surface area contributed by atoms with Gasteiger partial charge in [-0.05, 0) is 45.6 Å². The molecule has 1 aliphatic rings. The predicted octanol–water partition coefficient (Wildman–Crippen LogP) is 2.45. The molecule has 0 unspecified atom stereocenters. The average molecular weight is 380 g/mol. The van der Waals surface area contributed by atoms with Crippen molar-refractivity contribution in [3.8, 4) is 0 Å². The van der Waals surface area contributed by atoms with E-state index in [-0.39, 0.29) is 28.7 Å². The summed E-state index contributed by atoms with van der Waals surface area (Å²) in [6, 6.07) is 10.5. The third-order valence-corrected chi connectivity index (χ3v) is 6.50. The van der Waals surface area contributed by atoms with Gasteiger partial charge in [0.15, 0.2) is 0 Å². The number of nitrogens with one attached hydrogen (secondary N) is 2. The van der Waals surface area contributed by atoms with Crippen LogP contribution in [0, 0.1) is 5.92 Å². The van der Waals surface area contributed by atoms with Crippen molar-refractivity contribution in [1.82, 2.24) is 14.9 Å². The van der Waals surface area contributed by atoms with Crippen LogP contribution in [-0.2, 0) is 22.3 Å². The van der Waals surface area contributed by atoms with Gasteiger partial charge in [-0.2, -0.15) is 0 Å². The molecule has 0 heterocycles. The van der Waals surface area contributed by atoms with Crippen molar-refractivity contribution in [2.45, 2.75) is 63.4 Å². The van der Waals surface area contributed by atoms with Crippen LogP contribution >= 0.6 is 0 Å². The Kier molecular flexibility index (Phi) is 7.38. The highest BCUT2D eigenvalue weighted by Crippen LogP contribution is 2.27. The summed E-state index contributed by atoms with van der Waals surface area (Å²) in [5, 5.41) is 3.60. The molecule has 2 rings (SSSR count). The van der Waals surface area contributed by atoms with Crippen molar-refractivity contribution in [3.63, 3.8) is 0 Å². The van der Waals surface area contributed by atoms with Gasteiger partial charge in [-0.25, -0.2) is 8.93 Å². The summed E-state index contributed by atoms with van der Waals surface area (Å²) < 4.78 is 15.6. The van der Waals surface area contributed by atoms with Crippen LogP contribution < -0.4 is 10.0 Å². The van der Waals surface area contributed by atoms with Crippen LogP contribution in [-0.4, -0.2) is 45.9 Å². The SMILES string of the molecule is CN(C)C(=O)[C@H]1CC[C@H](N[S@@](=O)C(C)(C)C)[C@H](NCc2ccccc2)C1. The number of amides is 1. The molecule has 1 fully saturated rings. The van der Waals surface area contributed by atoms with Crippen LogP contribution in [0.5, 0.6) is 0 Å². The summed E-state index contributed by atoms with van der Waals surface area (Å²) in [4.78, 5) is 14.1. The van der Waals surface area contributed by atoms with Crippen LogP contribution in [0.1, 0.15) is 45.6 Å². The molecule has 2 N–H and O–H groups in total. The third-order valence-electron chi connectivity index (χ3n) is 4.87. The van der Waals surface area contributed by atoms with Gasteiger partial charge in [-0.1, -0.05) is 30.3 Å². The molecule has 146 valence electrons. The third kappa shape index (κ3) is 5.89. The van der Waals surface area contributed by atoms with Crippen molar-refractivity contribution in [1.29, 1.82) is 0 Å². The standard InChI is InChI=1S/C20H33N3O2S/c1-20(2,3)26(25)22-17-12-11-16(19(24)23(4)5)13-18(17)21-14-15-9-7-6-8-10-15/h6-10,16-18,21-22H,11-14H2,1-5H3/t16-,17-,18+,26-/m0/s1. The first kappa shape index (κ1) is 21.1. The highest BCUT2D eigenvalue weighted by Gasteiger charge is 2.36. The van der Waals surface area contributed by atoms with Gasteiger partial charge in [0, 0.05) is 38.6 Å². The van der Waals surface area contributed by atoms with E-state index in [0.717, 1.165) is 25.8 Å². The molecular formula is C20H33N3O2S. The van der Waals surface area contributed by atoms with Gasteiger partial charge >= 0.3 is 0 Å². The minimum atomic E-state index is -1.12. The molecular weight excluding hydrogens is 346 g/mol. The maximum atomic E-state index is 12.6. The van der Waals surface area contributed by atoms with E-state index in [1.54, 1.807) is 4.90 Å². The second-order valence-corrected chi connectivity index (χ2v) is 10.3. The maximum absolute atomic E-state index is 12.6. The quantitative estimate of drug-likeness (QED) is 0.798. The van der Waals surface area contributed by atoms with E-state index in [4.69, 9.17) is 0 Å². The van der Waals surface area contributed by atoms with Crippen molar-refractivity contribution in [2.75, 3.05) is 14.1 Å². The van der Waals surface area contributed by atoms with E-state index < -0.39 is 11.0 Å². The maximum Gasteiger partial charge on any atom is 0.225 e. The normalized spacial score (nSPS) is 24.9. The Bertz CT molecular complexity index is 613. The molecule has 1 aliphatic carbocycles. The van der Waals surface area contributed by atoms with Gasteiger partial charge < -0.3 is 10.2 Å². The molecule has 4 atom stereocenters. The zero-order chi connectivity index (χ0) is 19.3. The fourth-order valence-corrected chi connectivity index (χ4v) is 4.20. The number of carbonyl (C=O) groups excluding carboxylic acids is 1. The van der Waals surface area contributed by atoms with E-state index in [0.29, 0.717) is 0 Å². The molecule has 1 saturated carbocycles. The van der Waals surface area contributed by atoms with Crippen molar-refractivity contribution in [2.24, 2.45) is 5.92 Å². The van der Waals surface area contributed by atoms with Crippen molar-refractivity contribution >= 4 is 16.9 Å². The van der Waals surface area contributed by atoms with E-state index in [9.17, 15) is 9.00 Å². The Morgan fingerprint density at radius 3 is 2.38 bits per heavy atom. The second kappa shape index (κ2) is 9.11. The Morgan fingerprint density at radius 2 is 1.81 bits per heavy atom. The number of carbonyl (C=O) groups is 1. The highest BCUT2D eigenvalue weighted by atomic mass is 32.2. The average Bonchev–Trinajstić information content (AvgIpc) is 2.60. The van der Waals surface area contributed by atoms with Gasteiger partial charge in [0.05, 0.1) is 15.7 Å². The monoisotopic (exact) mass is 379 g/mol. The topological polar surface area (TPSA) is 61.4 Å². The smallest absolute Gasteiger partial charge is 0.225 e. The molecule has 0 spiro atoms. The van der Waals surface area contributed by atoms with Gasteiger partial charge in [0.2, 0.25) is 5.91 Å². The lowest BCUT2D eigenvalue weighted by Crippen LogP contribution is -2.55. The summed E-state index contributed by atoms with van der Waals surface area (Å²) in [7, 11) is 2.51. The first-order valence-corrected chi connectivity index (χ1v) is 10.5. The van der Waals surface area contributed by atoms with Gasteiger partial charge in [0.1, 0.15) is 0 Å². The van der Waals surface area contributed by atoms with Crippen LogP contribution in [0.4, 0.5) is 0 Å². The van der Waals surface area contributed by atoms with E-state index >= 15 is 0 Å². The lowest BCUT2D eigenvalue weighted by atomic mass is 9.82. The van der Waals surface area contributed by atoms with Crippen LogP contribution in [0.25, 0.3) is 0 Å². The molecule has 5 nitrogen and oxygen atoms in total. The van der Waals surface area contributed by atoms with Gasteiger partial charge in [-0.15, -0.1) is 0 Å². The number of nitrogens with zero attached hydrogens (tertiary/aromatic N) is 1. The van der Waals surface area contributed by atoms with Crippen LogP contribution in [0.2, 0.25) is 0 Å². The molecule has 1 amide bonds. The fourth-order valence-electron chi connectivity index (χ4n) is 3.29. The lowest BCUT2D eigenvalue weighted by molar-refractivity contribution is -0.134. The number of hydrogen-bond donors (Lipinski definition) is 2. The number of benzene rings is 1. The Hall–Kier alpha value is -1.24. The van der Waals surface area contributed by atoms with Crippen LogP contribution in [0.3, 0.4) is 0 Å². The fraction of sp³-hybridized carbons (Fsp3) is 0.650. The van der Waals surface area contributed by atoms with Crippen molar-refractivity contribution < 1.29 is 9.00 Å². The first-order chi connectivity index (χ1) is 12.2. The minimum absolute atomic E-state index is 0.0272. The minimum Gasteiger partial charge on any atom is -0.349 e. The molecule has 6 heteroatoms.